The van der Waals surface area contributed by atoms with Crippen molar-refractivity contribution in [3.05, 3.63) is 265 Å². The highest BCUT2D eigenvalue weighted by atomic mass is 15.2. The maximum absolute atomic E-state index is 5.12. The van der Waals surface area contributed by atoms with Crippen molar-refractivity contribution in [1.82, 2.24) is 14.5 Å². The molecule has 0 radical (unpaired) electrons. The van der Waals surface area contributed by atoms with Gasteiger partial charge in [0.15, 0.2) is 5.84 Å². The minimum atomic E-state index is -0.270. The van der Waals surface area contributed by atoms with Crippen LogP contribution in [0.25, 0.3) is 88.4 Å². The molecule has 0 amide bonds. The second-order valence-corrected chi connectivity index (χ2v) is 17.4. The van der Waals surface area contributed by atoms with Gasteiger partial charge in [-0.25, -0.2) is 9.98 Å². The fraction of sp³-hybridized carbons (Fsp3) is 0.0159. The predicted molar refractivity (Wildman–Crippen MR) is 283 cm³/mol. The van der Waals surface area contributed by atoms with E-state index in [0.29, 0.717) is 5.84 Å². The van der Waals surface area contributed by atoms with Crippen LogP contribution in [-0.2, 0) is 0 Å². The number of fused-ring (bicyclic) bond motifs is 6. The molecule has 10 aromatic carbocycles. The predicted octanol–water partition coefficient (Wildman–Crippen LogP) is 15.4. The molecule has 13 rings (SSSR count). The van der Waals surface area contributed by atoms with E-state index in [1.54, 1.807) is 0 Å². The fourth-order valence-corrected chi connectivity index (χ4v) is 10.2. The lowest BCUT2D eigenvalue weighted by Gasteiger charge is -2.24. The molecule has 12 aromatic rings. The molecular formula is C63H43N5. The Morgan fingerprint density at radius 1 is 0.353 bits per heavy atom. The Morgan fingerprint density at radius 2 is 0.926 bits per heavy atom. The second-order valence-electron chi connectivity index (χ2n) is 17.4. The summed E-state index contributed by atoms with van der Waals surface area (Å²) in [6.07, 6.45) is -0.270. The van der Waals surface area contributed by atoms with E-state index >= 15 is 0 Å². The number of benzene rings is 10. The van der Waals surface area contributed by atoms with E-state index in [9.17, 15) is 0 Å². The topological polar surface area (TPSA) is 46.6 Å². The average Bonchev–Trinajstić information content (AvgIpc) is 3.94. The number of aromatic nitrogens is 2. The van der Waals surface area contributed by atoms with Gasteiger partial charge in [0.05, 0.1) is 27.8 Å². The van der Waals surface area contributed by atoms with Crippen LogP contribution >= 0.6 is 0 Å². The van der Waals surface area contributed by atoms with Gasteiger partial charge in [0.1, 0.15) is 12.0 Å². The van der Waals surface area contributed by atoms with Crippen LogP contribution in [0.1, 0.15) is 22.9 Å². The first-order chi connectivity index (χ1) is 33.7. The second kappa shape index (κ2) is 16.4. The van der Waals surface area contributed by atoms with Gasteiger partial charge >= 0.3 is 0 Å². The van der Waals surface area contributed by atoms with Crippen LogP contribution in [0.15, 0.2) is 259 Å². The van der Waals surface area contributed by atoms with Crippen LogP contribution in [0.2, 0.25) is 0 Å². The zero-order chi connectivity index (χ0) is 45.0. The summed E-state index contributed by atoms with van der Waals surface area (Å²) in [5.41, 5.74) is 17.1. The van der Waals surface area contributed by atoms with E-state index in [1.165, 1.54) is 66.1 Å². The van der Waals surface area contributed by atoms with Crippen LogP contribution in [0.3, 0.4) is 0 Å². The summed E-state index contributed by atoms with van der Waals surface area (Å²) < 4.78 is 4.83. The molecule has 3 heterocycles. The SMILES string of the molecule is c1ccc(C2=NC(c3ccccc3)NC(c3cccc(-c4cccc5c4c4ccccc4n5-c4ccc(-c5ccc6c(c5)c5ccccc5n6-c5ccccc5-c5ccccc5)cc4)c3)=N2)cc1. The molecule has 5 heteroatoms. The summed E-state index contributed by atoms with van der Waals surface area (Å²) >= 11 is 0. The molecule has 68 heavy (non-hydrogen) atoms. The number of para-hydroxylation sites is 3. The molecule has 0 spiro atoms. The number of nitrogens with zero attached hydrogens (tertiary/aromatic N) is 4. The lowest BCUT2D eigenvalue weighted by atomic mass is 9.97. The molecule has 5 nitrogen and oxygen atoms in total. The smallest absolute Gasteiger partial charge is 0.159 e. The van der Waals surface area contributed by atoms with E-state index in [2.05, 4.69) is 239 Å². The highest BCUT2D eigenvalue weighted by Gasteiger charge is 2.23. The monoisotopic (exact) mass is 869 g/mol. The normalized spacial score (nSPS) is 13.7. The van der Waals surface area contributed by atoms with Gasteiger partial charge < -0.3 is 14.5 Å². The number of amidine groups is 2. The van der Waals surface area contributed by atoms with E-state index < -0.39 is 0 Å². The van der Waals surface area contributed by atoms with Crippen molar-refractivity contribution in [3.8, 4) is 44.8 Å². The highest BCUT2D eigenvalue weighted by molar-refractivity contribution is 6.17. The Balaban J connectivity index is 0.878. The van der Waals surface area contributed by atoms with Crippen molar-refractivity contribution in [2.24, 2.45) is 9.98 Å². The zero-order valence-electron chi connectivity index (χ0n) is 37.0. The number of nitrogens with one attached hydrogen (secondary N) is 1. The van der Waals surface area contributed by atoms with E-state index in [0.717, 1.165) is 44.8 Å². The molecule has 1 N–H and O–H groups in total. The van der Waals surface area contributed by atoms with Gasteiger partial charge in [-0.3, -0.25) is 0 Å². The summed E-state index contributed by atoms with van der Waals surface area (Å²) in [5.74, 6) is 1.51. The van der Waals surface area contributed by atoms with Gasteiger partial charge in [0.2, 0.25) is 0 Å². The van der Waals surface area contributed by atoms with Gasteiger partial charge in [0, 0.05) is 43.9 Å². The van der Waals surface area contributed by atoms with Crippen LogP contribution < -0.4 is 5.32 Å². The average molecular weight is 870 g/mol. The molecule has 0 bridgehead atoms. The standard InChI is InChI=1S/C63H43N5/c1-4-18-43(19-5-1)50-26-10-13-30-55(50)68-56-31-14-11-27-52(56)54-41-46(36-39-58(54)68)42-34-37-49(38-35-42)67-57-32-15-12-28-53(57)60-51(29-17-33-59(60)67)47-24-16-25-48(40-47)63-65-61(44-20-6-2-7-21-44)64-62(66-63)45-22-8-3-9-23-45/h1-41,61H,(H,64,65,66). The largest absolute Gasteiger partial charge is 0.344 e. The quantitative estimate of drug-likeness (QED) is 0.162. The lowest BCUT2D eigenvalue weighted by molar-refractivity contribution is 0.674. The molecule has 0 aliphatic carbocycles. The van der Waals surface area contributed by atoms with Crippen molar-refractivity contribution in [3.63, 3.8) is 0 Å². The number of rotatable bonds is 8. The summed E-state index contributed by atoms with van der Waals surface area (Å²) in [6.45, 7) is 0. The third-order valence-electron chi connectivity index (χ3n) is 13.4. The minimum Gasteiger partial charge on any atom is -0.344 e. The first-order valence-electron chi connectivity index (χ1n) is 23.2. The molecule has 0 fully saturated rings. The molecule has 1 aliphatic heterocycles. The first kappa shape index (κ1) is 39.3. The maximum Gasteiger partial charge on any atom is 0.159 e. The molecule has 1 atom stereocenters. The highest BCUT2D eigenvalue weighted by Crippen LogP contribution is 2.41. The maximum atomic E-state index is 5.12. The fourth-order valence-electron chi connectivity index (χ4n) is 10.2. The van der Waals surface area contributed by atoms with Crippen molar-refractivity contribution in [1.29, 1.82) is 0 Å². The Labute approximate surface area is 394 Å². The molecule has 1 aliphatic rings. The van der Waals surface area contributed by atoms with Crippen LogP contribution in [0.4, 0.5) is 0 Å². The third kappa shape index (κ3) is 6.71. The Morgan fingerprint density at radius 3 is 1.72 bits per heavy atom. The molecule has 0 saturated heterocycles. The number of hydrogen-bond donors (Lipinski definition) is 1. The summed E-state index contributed by atoms with van der Waals surface area (Å²) in [4.78, 5) is 10.2. The molecule has 2 aromatic heterocycles. The van der Waals surface area contributed by atoms with Gasteiger partial charge in [-0.05, 0) is 88.0 Å². The van der Waals surface area contributed by atoms with Crippen molar-refractivity contribution in [2.75, 3.05) is 0 Å². The minimum absolute atomic E-state index is 0.270. The van der Waals surface area contributed by atoms with E-state index in [4.69, 9.17) is 9.98 Å². The van der Waals surface area contributed by atoms with Gasteiger partial charge in [0.25, 0.3) is 0 Å². The van der Waals surface area contributed by atoms with Crippen molar-refractivity contribution >= 4 is 55.3 Å². The van der Waals surface area contributed by atoms with Crippen LogP contribution in [-0.4, -0.2) is 20.8 Å². The number of hydrogen-bond acceptors (Lipinski definition) is 3. The van der Waals surface area contributed by atoms with Gasteiger partial charge in [-0.15, -0.1) is 0 Å². The summed E-state index contributed by atoms with van der Waals surface area (Å²) in [5, 5.41) is 8.55. The first-order valence-corrected chi connectivity index (χ1v) is 23.2. The van der Waals surface area contributed by atoms with Crippen LogP contribution in [0, 0.1) is 0 Å². The van der Waals surface area contributed by atoms with Crippen LogP contribution in [0.5, 0.6) is 0 Å². The van der Waals surface area contributed by atoms with Crippen molar-refractivity contribution < 1.29 is 0 Å². The molecular weight excluding hydrogens is 827 g/mol. The Bertz CT molecular complexity index is 3920. The van der Waals surface area contributed by atoms with Gasteiger partial charge in [-0.1, -0.05) is 194 Å². The zero-order valence-corrected chi connectivity index (χ0v) is 37.0. The van der Waals surface area contributed by atoms with Gasteiger partial charge in [-0.2, -0.15) is 0 Å². The van der Waals surface area contributed by atoms with Crippen molar-refractivity contribution in [2.45, 2.75) is 6.17 Å². The Hall–Kier alpha value is -9.06. The number of aliphatic imine (C=N–C) groups is 2. The van der Waals surface area contributed by atoms with E-state index in [1.807, 2.05) is 24.3 Å². The lowest BCUT2D eigenvalue weighted by Crippen LogP contribution is -2.33. The Kier molecular flexibility index (Phi) is 9.50. The summed E-state index contributed by atoms with van der Waals surface area (Å²) in [6, 6.07) is 88.9. The molecule has 1 unspecified atom stereocenters. The third-order valence-corrected chi connectivity index (χ3v) is 13.4. The molecule has 320 valence electrons. The van der Waals surface area contributed by atoms with E-state index in [-0.39, 0.29) is 6.17 Å². The molecule has 0 saturated carbocycles. The summed E-state index contributed by atoms with van der Waals surface area (Å²) in [7, 11) is 0.